The Balaban J connectivity index is 1.32. The minimum atomic E-state index is -0.698. The molecule has 0 bridgehead atoms. The molecule has 0 radical (unpaired) electrons. The van der Waals surface area contributed by atoms with E-state index in [2.05, 4.69) is 71.1 Å². The zero-order chi connectivity index (χ0) is 30.6. The van der Waals surface area contributed by atoms with Gasteiger partial charge in [-0.3, -0.25) is 4.79 Å². The van der Waals surface area contributed by atoms with Gasteiger partial charge < -0.3 is 24.3 Å². The molecule has 0 spiro atoms. The minimum Gasteiger partial charge on any atom is -0.462 e. The molecule has 10 heteroatoms. The van der Waals surface area contributed by atoms with Crippen molar-refractivity contribution in [2.45, 2.75) is 51.2 Å². The van der Waals surface area contributed by atoms with E-state index in [1.165, 1.54) is 34.2 Å². The SMILES string of the molecule is Cc1cccc2cccc(N3CCc4c(nc(OC[C@H]5CCCN5C)nc4N4CCN(C(=O)/C=C/CF)[C@@H](CC#N)C4)C3)c12. The summed E-state index contributed by atoms with van der Waals surface area (Å²) in [4.78, 5) is 31.3. The van der Waals surface area contributed by atoms with E-state index in [-0.39, 0.29) is 18.4 Å². The van der Waals surface area contributed by atoms with E-state index in [1.54, 1.807) is 4.90 Å². The lowest BCUT2D eigenvalue weighted by molar-refractivity contribution is -0.128. The summed E-state index contributed by atoms with van der Waals surface area (Å²) < 4.78 is 19.0. The topological polar surface area (TPSA) is 88.8 Å². The Morgan fingerprint density at radius 1 is 1.11 bits per heavy atom. The summed E-state index contributed by atoms with van der Waals surface area (Å²) in [6.07, 6.45) is 5.68. The lowest BCUT2D eigenvalue weighted by atomic mass is 9.99. The Morgan fingerprint density at radius 2 is 1.95 bits per heavy atom. The molecule has 3 aliphatic heterocycles. The summed E-state index contributed by atoms with van der Waals surface area (Å²) in [5.41, 5.74) is 4.48. The van der Waals surface area contributed by atoms with Gasteiger partial charge in [-0.2, -0.15) is 15.2 Å². The number of benzene rings is 2. The Kier molecular flexibility index (Phi) is 8.94. The highest BCUT2D eigenvalue weighted by molar-refractivity contribution is 5.97. The second-order valence-corrected chi connectivity index (χ2v) is 12.0. The summed E-state index contributed by atoms with van der Waals surface area (Å²) in [5.74, 6) is 0.561. The molecule has 6 rings (SSSR count). The molecule has 44 heavy (non-hydrogen) atoms. The van der Waals surface area contributed by atoms with E-state index in [1.807, 2.05) is 0 Å². The fourth-order valence-corrected chi connectivity index (χ4v) is 6.91. The van der Waals surface area contributed by atoms with Gasteiger partial charge in [0.1, 0.15) is 19.1 Å². The first-order valence-electron chi connectivity index (χ1n) is 15.6. The number of likely N-dealkylation sites (tertiary alicyclic amines) is 1. The van der Waals surface area contributed by atoms with E-state index < -0.39 is 6.67 Å². The van der Waals surface area contributed by atoms with Crippen LogP contribution in [0.3, 0.4) is 0 Å². The second-order valence-electron chi connectivity index (χ2n) is 12.0. The molecule has 0 N–H and O–H groups in total. The van der Waals surface area contributed by atoms with Crippen LogP contribution >= 0.6 is 0 Å². The van der Waals surface area contributed by atoms with Gasteiger partial charge in [-0.15, -0.1) is 0 Å². The number of fused-ring (bicyclic) bond motifs is 2. The summed E-state index contributed by atoms with van der Waals surface area (Å²) in [7, 11) is 2.13. The number of allylic oxidation sites excluding steroid dienone is 1. The highest BCUT2D eigenvalue weighted by atomic mass is 19.1. The van der Waals surface area contributed by atoms with E-state index in [0.29, 0.717) is 44.8 Å². The van der Waals surface area contributed by atoms with Crippen molar-refractivity contribution in [3.8, 4) is 12.1 Å². The summed E-state index contributed by atoms with van der Waals surface area (Å²) in [6.45, 7) is 5.94. The lowest BCUT2D eigenvalue weighted by Gasteiger charge is -2.42. The van der Waals surface area contributed by atoms with Crippen LogP contribution in [0.4, 0.5) is 15.9 Å². The number of ether oxygens (including phenoxy) is 1. The fraction of sp³-hybridized carbons (Fsp3) is 0.471. The molecule has 4 heterocycles. The van der Waals surface area contributed by atoms with E-state index in [4.69, 9.17) is 14.7 Å². The van der Waals surface area contributed by atoms with Crippen molar-refractivity contribution in [2.75, 3.05) is 62.9 Å². The normalized spacial score (nSPS) is 20.7. The first-order valence-corrected chi connectivity index (χ1v) is 15.6. The Hall–Kier alpha value is -4.23. The number of anilines is 2. The number of nitriles is 1. The van der Waals surface area contributed by atoms with Gasteiger partial charge in [0.2, 0.25) is 5.91 Å². The molecule has 230 valence electrons. The van der Waals surface area contributed by atoms with Gasteiger partial charge in [-0.05, 0) is 62.9 Å². The molecule has 2 saturated heterocycles. The number of halogens is 1. The van der Waals surface area contributed by atoms with Gasteiger partial charge >= 0.3 is 6.01 Å². The van der Waals surface area contributed by atoms with Crippen molar-refractivity contribution in [3.05, 3.63) is 65.4 Å². The Labute approximate surface area is 258 Å². The highest BCUT2D eigenvalue weighted by Gasteiger charge is 2.34. The first-order chi connectivity index (χ1) is 21.5. The average molecular weight is 598 g/mol. The largest absolute Gasteiger partial charge is 0.462 e. The maximum Gasteiger partial charge on any atom is 0.318 e. The zero-order valence-electron chi connectivity index (χ0n) is 25.6. The van der Waals surface area contributed by atoms with Gasteiger partial charge in [0, 0.05) is 54.9 Å². The van der Waals surface area contributed by atoms with Crippen molar-refractivity contribution >= 4 is 28.2 Å². The molecule has 1 amide bonds. The number of rotatable bonds is 8. The maximum atomic E-state index is 12.8. The molecule has 3 aliphatic rings. The van der Waals surface area contributed by atoms with E-state index in [0.717, 1.165) is 49.4 Å². The number of likely N-dealkylation sites (N-methyl/N-ethyl adjacent to an activating group) is 1. The molecule has 2 atom stereocenters. The summed E-state index contributed by atoms with van der Waals surface area (Å²) in [6, 6.07) is 15.5. The van der Waals surface area contributed by atoms with Crippen LogP contribution in [0, 0.1) is 18.3 Å². The van der Waals surface area contributed by atoms with Gasteiger partial charge in [-0.25, -0.2) is 4.39 Å². The van der Waals surface area contributed by atoms with Crippen molar-refractivity contribution in [1.82, 2.24) is 19.8 Å². The smallest absolute Gasteiger partial charge is 0.318 e. The molecular formula is C34H40FN7O2. The van der Waals surface area contributed by atoms with Crippen LogP contribution in [-0.2, 0) is 17.8 Å². The number of piperazine rings is 1. The van der Waals surface area contributed by atoms with Gasteiger partial charge in [-0.1, -0.05) is 30.3 Å². The van der Waals surface area contributed by atoms with Crippen molar-refractivity contribution in [3.63, 3.8) is 0 Å². The van der Waals surface area contributed by atoms with Crippen LogP contribution in [0.25, 0.3) is 10.8 Å². The first kappa shape index (κ1) is 29.8. The van der Waals surface area contributed by atoms with Gasteiger partial charge in [0.15, 0.2) is 0 Å². The van der Waals surface area contributed by atoms with Crippen LogP contribution in [0.2, 0.25) is 0 Å². The number of hydrogen-bond donors (Lipinski definition) is 0. The molecule has 1 aromatic heterocycles. The molecule has 0 unspecified atom stereocenters. The predicted octanol–water partition coefficient (Wildman–Crippen LogP) is 4.43. The number of amides is 1. The quantitative estimate of drug-likeness (QED) is 0.353. The standard InChI is InChI=1S/C34H40FN7O2/c1-24-7-3-8-25-9-4-11-30(32(24)25)40-18-14-28-29(22-40)37-34(44-23-27-10-6-17-39(27)2)38-33(28)41-19-20-42(26(21-41)13-16-36)31(43)12-5-15-35/h3-5,7-9,11-12,26-27H,6,10,13-15,17-23H2,1-2H3/b12-5+/t26-,27+/m0/s1. The predicted molar refractivity (Wildman–Crippen MR) is 170 cm³/mol. The summed E-state index contributed by atoms with van der Waals surface area (Å²) >= 11 is 0. The number of aryl methyl sites for hydroxylation is 1. The van der Waals surface area contributed by atoms with Gasteiger partial charge in [0.25, 0.3) is 0 Å². The molecule has 2 aromatic carbocycles. The molecule has 3 aromatic rings. The molecule has 2 fully saturated rings. The number of carbonyl (C=O) groups is 1. The third-order valence-electron chi connectivity index (χ3n) is 9.27. The van der Waals surface area contributed by atoms with Gasteiger partial charge in [0.05, 0.1) is 30.8 Å². The molecule has 0 saturated carbocycles. The second kappa shape index (κ2) is 13.2. The van der Waals surface area contributed by atoms with Crippen LogP contribution in [-0.4, -0.2) is 90.8 Å². The van der Waals surface area contributed by atoms with E-state index >= 15 is 0 Å². The zero-order valence-corrected chi connectivity index (χ0v) is 25.6. The van der Waals surface area contributed by atoms with Crippen LogP contribution in [0.15, 0.2) is 48.6 Å². The lowest BCUT2D eigenvalue weighted by Crippen LogP contribution is -2.55. The average Bonchev–Trinajstić information content (AvgIpc) is 3.46. The highest BCUT2D eigenvalue weighted by Crippen LogP contribution is 2.36. The number of aromatic nitrogens is 2. The van der Waals surface area contributed by atoms with Crippen LogP contribution in [0.1, 0.15) is 36.1 Å². The Morgan fingerprint density at radius 3 is 2.73 bits per heavy atom. The molecular weight excluding hydrogens is 557 g/mol. The Bertz CT molecular complexity index is 1580. The number of alkyl halides is 1. The minimum absolute atomic E-state index is 0.185. The molecule has 0 aliphatic carbocycles. The fourth-order valence-electron chi connectivity index (χ4n) is 6.91. The monoisotopic (exact) mass is 597 g/mol. The number of nitrogens with zero attached hydrogens (tertiary/aromatic N) is 7. The third-order valence-corrected chi connectivity index (χ3v) is 9.27. The summed E-state index contributed by atoms with van der Waals surface area (Å²) in [5, 5.41) is 12.1. The van der Waals surface area contributed by atoms with Crippen molar-refractivity contribution in [2.24, 2.45) is 0 Å². The number of hydrogen-bond acceptors (Lipinski definition) is 8. The van der Waals surface area contributed by atoms with Crippen molar-refractivity contribution in [1.29, 1.82) is 5.26 Å². The molecule has 9 nitrogen and oxygen atoms in total. The van der Waals surface area contributed by atoms with Crippen LogP contribution in [0.5, 0.6) is 6.01 Å². The number of carbonyl (C=O) groups excluding carboxylic acids is 1. The van der Waals surface area contributed by atoms with Crippen LogP contribution < -0.4 is 14.5 Å². The maximum absolute atomic E-state index is 12.8. The third kappa shape index (κ3) is 6.06. The van der Waals surface area contributed by atoms with E-state index in [9.17, 15) is 14.4 Å². The van der Waals surface area contributed by atoms with Crippen molar-refractivity contribution < 1.29 is 13.9 Å².